The molecule has 0 aliphatic rings. The van der Waals surface area contributed by atoms with Crippen molar-refractivity contribution in [3.05, 3.63) is 24.3 Å². The molecule has 0 radical (unpaired) electrons. The summed E-state index contributed by atoms with van der Waals surface area (Å²) in [6.45, 7) is 2.53. The molecule has 0 heterocycles. The number of benzene rings is 1. The van der Waals surface area contributed by atoms with Crippen LogP contribution in [0.25, 0.3) is 0 Å². The van der Waals surface area contributed by atoms with E-state index in [0.29, 0.717) is 12.3 Å². The van der Waals surface area contributed by atoms with Crippen molar-refractivity contribution in [3.63, 3.8) is 0 Å². The van der Waals surface area contributed by atoms with Crippen LogP contribution in [-0.4, -0.2) is 6.61 Å². The molecule has 60 valence electrons. The molecular formula is C8H10FNO. The van der Waals surface area contributed by atoms with Crippen molar-refractivity contribution in [3.8, 4) is 5.75 Å². The third-order valence-electron chi connectivity index (χ3n) is 1.27. The highest BCUT2D eigenvalue weighted by atomic mass is 19.2. The second-order valence-electron chi connectivity index (χ2n) is 2.05. The first kappa shape index (κ1) is 7.85. The van der Waals surface area contributed by atoms with Gasteiger partial charge in [0.1, 0.15) is 5.75 Å². The molecule has 0 aliphatic carbocycles. The molecule has 0 amide bonds. The maximum absolute atomic E-state index is 11.8. The number of hydrogen-bond acceptors (Lipinski definition) is 2. The van der Waals surface area contributed by atoms with Gasteiger partial charge in [0.05, 0.1) is 12.3 Å². The average molecular weight is 155 g/mol. The van der Waals surface area contributed by atoms with Crippen molar-refractivity contribution in [2.45, 2.75) is 6.92 Å². The zero-order valence-electron chi connectivity index (χ0n) is 6.30. The molecule has 0 saturated heterocycles. The van der Waals surface area contributed by atoms with Gasteiger partial charge in [-0.15, -0.1) is 4.48 Å². The maximum Gasteiger partial charge on any atom is 0.119 e. The number of ether oxygens (including phenoxy) is 1. The van der Waals surface area contributed by atoms with E-state index in [2.05, 4.69) is 0 Å². The minimum atomic E-state index is 0.438. The lowest BCUT2D eigenvalue weighted by molar-refractivity contribution is 0.340. The zero-order valence-corrected chi connectivity index (χ0v) is 6.30. The van der Waals surface area contributed by atoms with E-state index in [1.807, 2.05) is 6.92 Å². The summed E-state index contributed by atoms with van der Waals surface area (Å²) in [5.41, 5.74) is 1.98. The molecule has 0 aliphatic heterocycles. The molecule has 1 aromatic carbocycles. The summed E-state index contributed by atoms with van der Waals surface area (Å²) in [6.07, 6.45) is 0. The van der Waals surface area contributed by atoms with Crippen molar-refractivity contribution in [1.29, 1.82) is 0 Å². The van der Waals surface area contributed by atoms with E-state index in [1.54, 1.807) is 29.8 Å². The second-order valence-corrected chi connectivity index (χ2v) is 2.05. The standard InChI is InChI=1S/C8H10FNO/c1-2-11-8-5-3-7(10-9)4-6-8/h3-6,10H,2H2,1H3. The molecule has 0 bridgehead atoms. The molecule has 11 heavy (non-hydrogen) atoms. The Kier molecular flexibility index (Phi) is 2.72. The predicted molar refractivity (Wildman–Crippen MR) is 42.3 cm³/mol. The van der Waals surface area contributed by atoms with Gasteiger partial charge >= 0.3 is 0 Å². The number of rotatable bonds is 3. The quantitative estimate of drug-likeness (QED) is 0.676. The van der Waals surface area contributed by atoms with E-state index in [1.165, 1.54) is 0 Å². The van der Waals surface area contributed by atoms with E-state index < -0.39 is 0 Å². The average Bonchev–Trinajstić information content (AvgIpc) is 2.07. The molecular weight excluding hydrogens is 145 g/mol. The Morgan fingerprint density at radius 2 is 2.00 bits per heavy atom. The molecule has 1 rings (SSSR count). The molecule has 3 heteroatoms. The first-order chi connectivity index (χ1) is 5.36. The van der Waals surface area contributed by atoms with Gasteiger partial charge in [0.2, 0.25) is 0 Å². The van der Waals surface area contributed by atoms with E-state index in [-0.39, 0.29) is 0 Å². The summed E-state index contributed by atoms with van der Waals surface area (Å²) < 4.78 is 16.9. The van der Waals surface area contributed by atoms with Crippen LogP contribution >= 0.6 is 0 Å². The van der Waals surface area contributed by atoms with Gasteiger partial charge in [-0.25, -0.2) is 5.54 Å². The SMILES string of the molecule is CCOc1ccc(NF)cc1. The maximum atomic E-state index is 11.8. The van der Waals surface area contributed by atoms with Gasteiger partial charge in [0.25, 0.3) is 0 Å². The number of hydrogen-bond donors (Lipinski definition) is 1. The van der Waals surface area contributed by atoms with E-state index in [9.17, 15) is 4.48 Å². The summed E-state index contributed by atoms with van der Waals surface area (Å²) in [5.74, 6) is 0.756. The Bertz CT molecular complexity index is 210. The summed E-state index contributed by atoms with van der Waals surface area (Å²) in [6, 6.07) is 6.66. The van der Waals surface area contributed by atoms with Crippen LogP contribution in [0.15, 0.2) is 24.3 Å². The number of halogens is 1. The summed E-state index contributed by atoms with van der Waals surface area (Å²) >= 11 is 0. The van der Waals surface area contributed by atoms with E-state index in [0.717, 1.165) is 5.75 Å². The first-order valence-corrected chi connectivity index (χ1v) is 3.46. The van der Waals surface area contributed by atoms with Crippen LogP contribution in [0.1, 0.15) is 6.92 Å². The normalized spacial score (nSPS) is 9.27. The fraction of sp³-hybridized carbons (Fsp3) is 0.250. The van der Waals surface area contributed by atoms with Crippen molar-refractivity contribution in [2.75, 3.05) is 12.1 Å². The van der Waals surface area contributed by atoms with Crippen LogP contribution in [-0.2, 0) is 0 Å². The van der Waals surface area contributed by atoms with Gasteiger partial charge in [0, 0.05) is 0 Å². The minimum Gasteiger partial charge on any atom is -0.494 e. The highest BCUT2D eigenvalue weighted by Gasteiger charge is 1.91. The van der Waals surface area contributed by atoms with Gasteiger partial charge in [-0.1, -0.05) is 0 Å². The molecule has 0 spiro atoms. The van der Waals surface area contributed by atoms with Crippen LogP contribution in [0.5, 0.6) is 5.75 Å². The minimum absolute atomic E-state index is 0.438. The third-order valence-corrected chi connectivity index (χ3v) is 1.27. The Morgan fingerprint density at radius 3 is 2.45 bits per heavy atom. The topological polar surface area (TPSA) is 21.3 Å². The third kappa shape index (κ3) is 2.11. The molecule has 0 aromatic heterocycles. The van der Waals surface area contributed by atoms with Crippen LogP contribution in [0.4, 0.5) is 10.2 Å². The molecule has 1 N–H and O–H groups in total. The molecule has 2 nitrogen and oxygen atoms in total. The van der Waals surface area contributed by atoms with Gasteiger partial charge in [-0.05, 0) is 31.2 Å². The molecule has 0 unspecified atom stereocenters. The number of anilines is 1. The lowest BCUT2D eigenvalue weighted by atomic mass is 10.3. The predicted octanol–water partition coefficient (Wildman–Crippen LogP) is 2.38. The summed E-state index contributed by atoms with van der Waals surface area (Å²) in [5, 5.41) is 0. The number of nitrogens with one attached hydrogen (secondary N) is 1. The van der Waals surface area contributed by atoms with Crippen molar-refractivity contribution in [1.82, 2.24) is 0 Å². The van der Waals surface area contributed by atoms with E-state index >= 15 is 0 Å². The van der Waals surface area contributed by atoms with Crippen molar-refractivity contribution in [2.24, 2.45) is 0 Å². The Balaban J connectivity index is 2.66. The second kappa shape index (κ2) is 3.81. The molecule has 0 fully saturated rings. The fourth-order valence-electron chi connectivity index (χ4n) is 0.781. The Labute approximate surface area is 64.9 Å². The van der Waals surface area contributed by atoms with Crippen molar-refractivity contribution < 1.29 is 9.22 Å². The van der Waals surface area contributed by atoms with Gasteiger partial charge in [-0.2, -0.15) is 0 Å². The monoisotopic (exact) mass is 155 g/mol. The lowest BCUT2D eigenvalue weighted by Gasteiger charge is -2.02. The van der Waals surface area contributed by atoms with Crippen LogP contribution in [0, 0.1) is 0 Å². The van der Waals surface area contributed by atoms with Crippen LogP contribution in [0.3, 0.4) is 0 Å². The molecule has 1 aromatic rings. The molecule has 0 saturated carbocycles. The Morgan fingerprint density at radius 1 is 1.36 bits per heavy atom. The highest BCUT2D eigenvalue weighted by molar-refractivity contribution is 5.44. The van der Waals surface area contributed by atoms with Crippen molar-refractivity contribution >= 4 is 5.69 Å². The largest absolute Gasteiger partial charge is 0.494 e. The lowest BCUT2D eigenvalue weighted by Crippen LogP contribution is -1.90. The van der Waals surface area contributed by atoms with Gasteiger partial charge in [-0.3, -0.25) is 0 Å². The first-order valence-electron chi connectivity index (χ1n) is 3.46. The van der Waals surface area contributed by atoms with Crippen LogP contribution < -0.4 is 10.3 Å². The summed E-state index contributed by atoms with van der Waals surface area (Å²) in [4.78, 5) is 0. The van der Waals surface area contributed by atoms with E-state index in [4.69, 9.17) is 4.74 Å². The van der Waals surface area contributed by atoms with Gasteiger partial charge in [0.15, 0.2) is 0 Å². The fourth-order valence-corrected chi connectivity index (χ4v) is 0.781. The zero-order chi connectivity index (χ0) is 8.10. The molecule has 0 atom stereocenters. The highest BCUT2D eigenvalue weighted by Crippen LogP contribution is 2.15. The van der Waals surface area contributed by atoms with Crippen LogP contribution in [0.2, 0.25) is 0 Å². The van der Waals surface area contributed by atoms with Gasteiger partial charge < -0.3 is 4.74 Å². The Hall–Kier alpha value is -1.25. The summed E-state index contributed by atoms with van der Waals surface area (Å²) in [7, 11) is 0. The smallest absolute Gasteiger partial charge is 0.119 e.